The van der Waals surface area contributed by atoms with Crippen molar-refractivity contribution in [2.75, 3.05) is 26.2 Å². The van der Waals surface area contributed by atoms with Crippen molar-refractivity contribution < 1.29 is 19.8 Å². The Kier molecular flexibility index (Phi) is 10.5. The van der Waals surface area contributed by atoms with Crippen LogP contribution in [0.1, 0.15) is 122 Å². The van der Waals surface area contributed by atoms with Crippen molar-refractivity contribution in [1.82, 2.24) is 10.6 Å². The molecule has 4 aliphatic rings. The summed E-state index contributed by atoms with van der Waals surface area (Å²) in [5.74, 6) is 1.74. The van der Waals surface area contributed by atoms with Crippen molar-refractivity contribution >= 4 is 17.4 Å². The van der Waals surface area contributed by atoms with E-state index in [1.165, 1.54) is 30.4 Å². The van der Waals surface area contributed by atoms with Crippen LogP contribution in [0.15, 0.2) is 42.5 Å². The standard InChI is InChI=1S/C41H62N2O4/c1-27(2)31-16-22-41(37(47)43-24-23-42-25-26-44)21-15-28(3)39(6)20-18-34-38(4,5)32(29-11-13-30(14-12-29)36(45)46)17-19-40(34,7)35(39)10-8-9-33(31)41/h11-14,17,28,31,33-35,42,44H,1,8-10,15-16,18-26H2,2-7H3,(H,43,47)(H,45,46). The highest BCUT2D eigenvalue weighted by Crippen LogP contribution is 2.69. The Bertz CT molecular complexity index is 1350. The summed E-state index contributed by atoms with van der Waals surface area (Å²) in [7, 11) is 0. The highest BCUT2D eigenvalue weighted by molar-refractivity contribution is 5.88. The number of benzene rings is 1. The first-order valence-corrected chi connectivity index (χ1v) is 18.5. The molecule has 0 bridgehead atoms. The number of fused-ring (bicyclic) bond motifs is 4. The number of carbonyl (C=O) groups excluding carboxylic acids is 1. The molecule has 6 nitrogen and oxygen atoms in total. The second-order valence-corrected chi connectivity index (χ2v) is 16.9. The molecule has 3 fully saturated rings. The Morgan fingerprint density at radius 3 is 2.26 bits per heavy atom. The lowest BCUT2D eigenvalue weighted by atomic mass is 9.40. The molecule has 8 unspecified atom stereocenters. The van der Waals surface area contributed by atoms with Gasteiger partial charge in [-0.3, -0.25) is 4.79 Å². The van der Waals surface area contributed by atoms with Crippen LogP contribution in [0.5, 0.6) is 0 Å². The van der Waals surface area contributed by atoms with Gasteiger partial charge >= 0.3 is 5.97 Å². The highest BCUT2D eigenvalue weighted by atomic mass is 16.4. The normalized spacial score (nSPS) is 36.7. The summed E-state index contributed by atoms with van der Waals surface area (Å²) in [5, 5.41) is 25.1. The van der Waals surface area contributed by atoms with E-state index in [-0.39, 0.29) is 34.2 Å². The summed E-state index contributed by atoms with van der Waals surface area (Å²) < 4.78 is 0. The fourth-order valence-corrected chi connectivity index (χ4v) is 11.7. The van der Waals surface area contributed by atoms with Crippen molar-refractivity contribution in [3.63, 3.8) is 0 Å². The van der Waals surface area contributed by atoms with Gasteiger partial charge < -0.3 is 20.8 Å². The lowest BCUT2D eigenvalue weighted by molar-refractivity contribution is -0.139. The summed E-state index contributed by atoms with van der Waals surface area (Å²) in [5.41, 5.74) is 4.12. The Hall–Kier alpha value is -2.44. The van der Waals surface area contributed by atoms with Gasteiger partial charge in [0, 0.05) is 19.6 Å². The molecular weight excluding hydrogens is 584 g/mol. The molecule has 0 aliphatic heterocycles. The number of rotatable bonds is 9. The smallest absolute Gasteiger partial charge is 0.335 e. The number of carboxylic acid groups (broad SMARTS) is 1. The number of aliphatic hydroxyl groups excluding tert-OH is 1. The maximum absolute atomic E-state index is 14.2. The number of aliphatic hydroxyl groups is 1. The average molecular weight is 647 g/mol. The maximum Gasteiger partial charge on any atom is 0.335 e. The van der Waals surface area contributed by atoms with E-state index >= 15 is 0 Å². The Balaban J connectivity index is 1.43. The van der Waals surface area contributed by atoms with Gasteiger partial charge in [-0.15, -0.1) is 0 Å². The average Bonchev–Trinajstić information content (AvgIpc) is 3.40. The molecular formula is C41H62N2O4. The van der Waals surface area contributed by atoms with E-state index in [2.05, 4.69) is 64.8 Å². The number of nitrogens with one attached hydrogen (secondary N) is 2. The molecule has 5 rings (SSSR count). The summed E-state index contributed by atoms with van der Waals surface area (Å²) in [6.45, 7) is 21.1. The van der Waals surface area contributed by atoms with Crippen LogP contribution < -0.4 is 10.6 Å². The highest BCUT2D eigenvalue weighted by Gasteiger charge is 2.61. The van der Waals surface area contributed by atoms with E-state index in [9.17, 15) is 14.7 Å². The number of aromatic carboxylic acids is 1. The molecule has 1 aromatic rings. The lowest BCUT2D eigenvalue weighted by Gasteiger charge is -2.64. The zero-order valence-corrected chi connectivity index (χ0v) is 30.1. The quantitative estimate of drug-likeness (QED) is 0.160. The first-order valence-electron chi connectivity index (χ1n) is 18.5. The van der Waals surface area contributed by atoms with Crippen molar-refractivity contribution in [3.05, 3.63) is 53.6 Å². The van der Waals surface area contributed by atoms with Crippen LogP contribution in [0.3, 0.4) is 0 Å². The summed E-state index contributed by atoms with van der Waals surface area (Å²) in [6.07, 6.45) is 13.4. The molecule has 0 aromatic heterocycles. The molecule has 6 heteroatoms. The monoisotopic (exact) mass is 646 g/mol. The molecule has 1 aromatic carbocycles. The number of carboxylic acids is 1. The van der Waals surface area contributed by atoms with E-state index in [1.807, 2.05) is 12.1 Å². The summed E-state index contributed by atoms with van der Waals surface area (Å²) in [6, 6.07) is 7.51. The molecule has 3 saturated carbocycles. The third-order valence-corrected chi connectivity index (χ3v) is 14.3. The van der Waals surface area contributed by atoms with Crippen LogP contribution >= 0.6 is 0 Å². The van der Waals surface area contributed by atoms with Crippen LogP contribution in [0.4, 0.5) is 0 Å². The number of amides is 1. The van der Waals surface area contributed by atoms with Gasteiger partial charge in [-0.1, -0.05) is 71.4 Å². The van der Waals surface area contributed by atoms with Crippen molar-refractivity contribution in [2.45, 2.75) is 106 Å². The molecule has 0 saturated heterocycles. The predicted octanol–water partition coefficient (Wildman–Crippen LogP) is 8.12. The zero-order valence-electron chi connectivity index (χ0n) is 30.1. The van der Waals surface area contributed by atoms with Crippen LogP contribution in [-0.2, 0) is 4.79 Å². The second kappa shape index (κ2) is 13.8. The molecule has 4 aliphatic carbocycles. The third kappa shape index (κ3) is 6.38. The van der Waals surface area contributed by atoms with E-state index in [0.717, 1.165) is 50.5 Å². The van der Waals surface area contributed by atoms with Gasteiger partial charge in [-0.25, -0.2) is 4.79 Å². The molecule has 260 valence electrons. The largest absolute Gasteiger partial charge is 0.478 e. The molecule has 0 spiro atoms. The Labute approximate surface area is 284 Å². The zero-order chi connectivity index (χ0) is 34.2. The van der Waals surface area contributed by atoms with Crippen molar-refractivity contribution in [1.29, 1.82) is 0 Å². The molecule has 1 amide bonds. The van der Waals surface area contributed by atoms with E-state index in [1.54, 1.807) is 12.1 Å². The summed E-state index contributed by atoms with van der Waals surface area (Å²) in [4.78, 5) is 25.7. The minimum Gasteiger partial charge on any atom is -0.478 e. The van der Waals surface area contributed by atoms with Gasteiger partial charge in [0.1, 0.15) is 0 Å². The first kappa shape index (κ1) is 35.9. The van der Waals surface area contributed by atoms with Crippen molar-refractivity contribution in [2.24, 2.45) is 51.2 Å². The molecule has 4 N–H and O–H groups in total. The maximum atomic E-state index is 14.2. The molecule has 8 atom stereocenters. The van der Waals surface area contributed by atoms with Gasteiger partial charge in [0.15, 0.2) is 0 Å². The van der Waals surface area contributed by atoms with Gasteiger partial charge in [0.2, 0.25) is 5.91 Å². The van der Waals surface area contributed by atoms with E-state index in [4.69, 9.17) is 5.11 Å². The van der Waals surface area contributed by atoms with Crippen LogP contribution in [0.25, 0.3) is 5.57 Å². The van der Waals surface area contributed by atoms with E-state index < -0.39 is 5.97 Å². The Morgan fingerprint density at radius 2 is 1.60 bits per heavy atom. The molecule has 0 heterocycles. The van der Waals surface area contributed by atoms with Crippen LogP contribution in [0, 0.1) is 51.2 Å². The van der Waals surface area contributed by atoms with Gasteiger partial charge in [-0.05, 0) is 134 Å². The third-order valence-electron chi connectivity index (χ3n) is 14.3. The van der Waals surface area contributed by atoms with Crippen LogP contribution in [-0.4, -0.2) is 48.3 Å². The Morgan fingerprint density at radius 1 is 0.894 bits per heavy atom. The number of carbonyl (C=O) groups is 2. The minimum absolute atomic E-state index is 0.0204. The first-order chi connectivity index (χ1) is 22.2. The number of hydrogen-bond donors (Lipinski definition) is 4. The molecule has 0 radical (unpaired) electrons. The fraction of sp³-hybridized carbons (Fsp3) is 0.707. The lowest BCUT2D eigenvalue weighted by Crippen LogP contribution is -2.56. The minimum atomic E-state index is -0.880. The topological polar surface area (TPSA) is 98.7 Å². The van der Waals surface area contributed by atoms with Gasteiger partial charge in [-0.2, -0.15) is 0 Å². The van der Waals surface area contributed by atoms with Crippen molar-refractivity contribution in [3.8, 4) is 0 Å². The predicted molar refractivity (Wildman–Crippen MR) is 191 cm³/mol. The van der Waals surface area contributed by atoms with Gasteiger partial charge in [0.05, 0.1) is 17.6 Å². The summed E-state index contributed by atoms with van der Waals surface area (Å²) >= 11 is 0. The SMILES string of the molecule is C=C(C)C1CCC2(C(=O)NCCNCCO)CCC(C)C3(C)CCC4C(C)(C)C(c5ccc(C(=O)O)cc5)=CCC4(C)C3CCCC12. The molecule has 47 heavy (non-hydrogen) atoms. The van der Waals surface area contributed by atoms with Gasteiger partial charge in [0.25, 0.3) is 0 Å². The number of hydrogen-bond acceptors (Lipinski definition) is 4. The number of allylic oxidation sites excluding steroid dienone is 3. The fourth-order valence-electron chi connectivity index (χ4n) is 11.7. The second-order valence-electron chi connectivity index (χ2n) is 16.9. The van der Waals surface area contributed by atoms with E-state index in [0.29, 0.717) is 54.8 Å². The van der Waals surface area contributed by atoms with Crippen LogP contribution in [0.2, 0.25) is 0 Å².